The first kappa shape index (κ1) is 14.8. The van der Waals surface area contributed by atoms with Crippen molar-refractivity contribution in [1.82, 2.24) is 0 Å². The van der Waals surface area contributed by atoms with Crippen molar-refractivity contribution in [3.63, 3.8) is 0 Å². The average molecular weight is 308 g/mol. The van der Waals surface area contributed by atoms with Crippen molar-refractivity contribution in [2.24, 2.45) is 0 Å². The molecule has 0 aliphatic rings. The topological polar surface area (TPSA) is 32.3 Å². The van der Waals surface area contributed by atoms with Crippen molar-refractivity contribution in [3.8, 4) is 5.75 Å². The van der Waals surface area contributed by atoms with E-state index in [1.807, 2.05) is 30.3 Å². The van der Waals surface area contributed by atoms with Crippen LogP contribution in [0.5, 0.6) is 5.75 Å². The zero-order chi connectivity index (χ0) is 14.5. The van der Waals surface area contributed by atoms with Gasteiger partial charge in [-0.2, -0.15) is 0 Å². The van der Waals surface area contributed by atoms with Gasteiger partial charge in [0.2, 0.25) is 0 Å². The molecule has 0 aliphatic carbocycles. The van der Waals surface area contributed by atoms with E-state index in [2.05, 4.69) is 11.9 Å². The Kier molecular flexibility index (Phi) is 4.94. The maximum Gasteiger partial charge on any atom is 0.138 e. The summed E-state index contributed by atoms with van der Waals surface area (Å²) in [6.45, 7) is 3.77. The normalized spacial score (nSPS) is 11.9. The molecule has 2 nitrogen and oxygen atoms in total. The van der Waals surface area contributed by atoms with Crippen LogP contribution < -0.4 is 5.32 Å². The Hall–Kier alpha value is -1.64. The number of phenols is 1. The molecule has 2 aromatic carbocycles. The molecule has 0 heterocycles. The first-order chi connectivity index (χ1) is 9.61. The quantitative estimate of drug-likeness (QED) is 0.570. The highest BCUT2D eigenvalue weighted by atomic mass is 35.5. The van der Waals surface area contributed by atoms with Crippen molar-refractivity contribution in [1.29, 1.82) is 0 Å². The van der Waals surface area contributed by atoms with Gasteiger partial charge >= 0.3 is 0 Å². The Balaban J connectivity index is 2.29. The predicted molar refractivity (Wildman–Crippen MR) is 85.7 cm³/mol. The summed E-state index contributed by atoms with van der Waals surface area (Å²) in [7, 11) is 0. The summed E-state index contributed by atoms with van der Waals surface area (Å²) in [4.78, 5) is 0. The SMILES string of the molecule is C=CCC(Nc1ccccc1O)c1ccc(Cl)c(Cl)c1. The fourth-order valence-corrected chi connectivity index (χ4v) is 2.26. The smallest absolute Gasteiger partial charge is 0.138 e. The first-order valence-corrected chi connectivity index (χ1v) is 6.97. The van der Waals surface area contributed by atoms with Crippen LogP contribution in [0, 0.1) is 0 Å². The molecule has 20 heavy (non-hydrogen) atoms. The van der Waals surface area contributed by atoms with Gasteiger partial charge in [0, 0.05) is 0 Å². The van der Waals surface area contributed by atoms with Crippen LogP contribution in [0.3, 0.4) is 0 Å². The van der Waals surface area contributed by atoms with Crippen molar-refractivity contribution < 1.29 is 5.11 Å². The van der Waals surface area contributed by atoms with E-state index >= 15 is 0 Å². The third-order valence-corrected chi connectivity index (χ3v) is 3.72. The van der Waals surface area contributed by atoms with E-state index in [9.17, 15) is 5.11 Å². The molecule has 0 bridgehead atoms. The molecule has 1 atom stereocenters. The summed E-state index contributed by atoms with van der Waals surface area (Å²) >= 11 is 12.0. The monoisotopic (exact) mass is 307 g/mol. The highest BCUT2D eigenvalue weighted by Crippen LogP contribution is 2.31. The predicted octanol–water partition coefficient (Wildman–Crippen LogP) is 5.43. The number of aromatic hydroxyl groups is 1. The number of rotatable bonds is 5. The molecule has 2 N–H and O–H groups in total. The lowest BCUT2D eigenvalue weighted by Gasteiger charge is -2.20. The van der Waals surface area contributed by atoms with Crippen molar-refractivity contribution in [3.05, 3.63) is 70.7 Å². The second kappa shape index (κ2) is 6.69. The number of hydrogen-bond acceptors (Lipinski definition) is 2. The van der Waals surface area contributed by atoms with E-state index in [0.29, 0.717) is 22.2 Å². The van der Waals surface area contributed by atoms with E-state index in [-0.39, 0.29) is 11.8 Å². The van der Waals surface area contributed by atoms with Crippen LogP contribution in [0.15, 0.2) is 55.1 Å². The van der Waals surface area contributed by atoms with Gasteiger partial charge in [0.1, 0.15) is 5.75 Å². The van der Waals surface area contributed by atoms with Crippen LogP contribution in [-0.2, 0) is 0 Å². The zero-order valence-corrected chi connectivity index (χ0v) is 12.3. The molecule has 0 saturated carbocycles. The molecule has 2 rings (SSSR count). The second-order valence-corrected chi connectivity index (χ2v) is 5.23. The van der Waals surface area contributed by atoms with Gasteiger partial charge in [-0.15, -0.1) is 6.58 Å². The summed E-state index contributed by atoms with van der Waals surface area (Å²) in [5.74, 6) is 0.210. The minimum Gasteiger partial charge on any atom is -0.506 e. The zero-order valence-electron chi connectivity index (χ0n) is 10.8. The third kappa shape index (κ3) is 3.47. The molecule has 0 saturated heterocycles. The number of phenolic OH excluding ortho intramolecular Hbond substituents is 1. The number of benzene rings is 2. The highest BCUT2D eigenvalue weighted by Gasteiger charge is 2.13. The standard InChI is InChI=1S/C16H15Cl2NO/c1-2-5-14(11-8-9-12(17)13(18)10-11)19-15-6-3-4-7-16(15)20/h2-4,6-10,14,19-20H,1,5H2. The Morgan fingerprint density at radius 3 is 2.55 bits per heavy atom. The van der Waals surface area contributed by atoms with E-state index in [1.165, 1.54) is 0 Å². The van der Waals surface area contributed by atoms with E-state index in [0.717, 1.165) is 5.56 Å². The van der Waals surface area contributed by atoms with Crippen LogP contribution in [0.1, 0.15) is 18.0 Å². The van der Waals surface area contributed by atoms with Crippen molar-refractivity contribution in [2.45, 2.75) is 12.5 Å². The largest absolute Gasteiger partial charge is 0.506 e. The van der Waals surface area contributed by atoms with Gasteiger partial charge in [0.05, 0.1) is 21.8 Å². The van der Waals surface area contributed by atoms with E-state index in [4.69, 9.17) is 23.2 Å². The molecule has 0 fully saturated rings. The molecule has 2 aromatic rings. The lowest BCUT2D eigenvalue weighted by atomic mass is 10.0. The van der Waals surface area contributed by atoms with Gasteiger partial charge in [-0.1, -0.05) is 47.5 Å². The molecule has 0 radical (unpaired) electrons. The van der Waals surface area contributed by atoms with Crippen molar-refractivity contribution in [2.75, 3.05) is 5.32 Å². The maximum atomic E-state index is 9.84. The number of anilines is 1. The summed E-state index contributed by atoms with van der Waals surface area (Å²) in [6, 6.07) is 12.6. The lowest BCUT2D eigenvalue weighted by Crippen LogP contribution is -2.10. The Morgan fingerprint density at radius 2 is 1.90 bits per heavy atom. The molecule has 0 aromatic heterocycles. The highest BCUT2D eigenvalue weighted by molar-refractivity contribution is 6.42. The Labute approximate surface area is 128 Å². The van der Waals surface area contributed by atoms with Crippen LogP contribution in [0.25, 0.3) is 0 Å². The van der Waals surface area contributed by atoms with Crippen LogP contribution in [0.4, 0.5) is 5.69 Å². The van der Waals surface area contributed by atoms with Gasteiger partial charge in [0.25, 0.3) is 0 Å². The van der Waals surface area contributed by atoms with Crippen LogP contribution in [-0.4, -0.2) is 5.11 Å². The fraction of sp³-hybridized carbons (Fsp3) is 0.125. The summed E-state index contributed by atoms with van der Waals surface area (Å²) < 4.78 is 0. The molecule has 0 spiro atoms. The molecular formula is C16H15Cl2NO. The second-order valence-electron chi connectivity index (χ2n) is 4.41. The number of hydrogen-bond donors (Lipinski definition) is 2. The molecule has 104 valence electrons. The first-order valence-electron chi connectivity index (χ1n) is 6.22. The minimum atomic E-state index is -0.0319. The molecule has 0 amide bonds. The van der Waals surface area contributed by atoms with Crippen molar-refractivity contribution >= 4 is 28.9 Å². The lowest BCUT2D eigenvalue weighted by molar-refractivity contribution is 0.476. The van der Waals surface area contributed by atoms with Crippen LogP contribution >= 0.6 is 23.2 Å². The Morgan fingerprint density at radius 1 is 1.15 bits per heavy atom. The van der Waals surface area contributed by atoms with Gasteiger partial charge in [0.15, 0.2) is 0 Å². The molecule has 4 heteroatoms. The maximum absolute atomic E-state index is 9.84. The van der Waals surface area contributed by atoms with E-state index < -0.39 is 0 Å². The third-order valence-electron chi connectivity index (χ3n) is 2.98. The van der Waals surface area contributed by atoms with Gasteiger partial charge in [-0.3, -0.25) is 0 Å². The fourth-order valence-electron chi connectivity index (χ4n) is 1.96. The summed E-state index contributed by atoms with van der Waals surface area (Å²) in [6.07, 6.45) is 2.52. The van der Waals surface area contributed by atoms with Gasteiger partial charge in [-0.05, 0) is 36.2 Å². The number of nitrogens with one attached hydrogen (secondary N) is 1. The van der Waals surface area contributed by atoms with Crippen LogP contribution in [0.2, 0.25) is 10.0 Å². The van der Waals surface area contributed by atoms with Gasteiger partial charge < -0.3 is 10.4 Å². The average Bonchev–Trinajstić information content (AvgIpc) is 2.44. The van der Waals surface area contributed by atoms with E-state index in [1.54, 1.807) is 18.2 Å². The number of halogens is 2. The molecule has 1 unspecified atom stereocenters. The minimum absolute atomic E-state index is 0.0319. The Bertz CT molecular complexity index is 613. The molecular weight excluding hydrogens is 293 g/mol. The number of para-hydroxylation sites is 2. The summed E-state index contributed by atoms with van der Waals surface area (Å²) in [5.41, 5.74) is 1.66. The van der Waals surface area contributed by atoms with Gasteiger partial charge in [-0.25, -0.2) is 0 Å². The summed E-state index contributed by atoms with van der Waals surface area (Å²) in [5, 5.41) is 14.2. The molecule has 0 aliphatic heterocycles.